The number of rotatable bonds is 6. The second-order valence-corrected chi connectivity index (χ2v) is 5.36. The zero-order chi connectivity index (χ0) is 15.1. The lowest BCUT2D eigenvalue weighted by molar-refractivity contribution is -0.128. The Morgan fingerprint density at radius 2 is 1.68 bits per heavy atom. The smallest absolute Gasteiger partial charge is 0.408 e. The quantitative estimate of drug-likeness (QED) is 0.781. The standard InChI is InChI=1S/C13H25FN2O3/c1-6-13(7-2,10(17)15-9-8-14)16-11(18)19-12(3,4)5/h6-9H2,1-5H3,(H,15,17)(H,16,18). The molecule has 6 heteroatoms. The van der Waals surface area contributed by atoms with E-state index in [1.165, 1.54) is 0 Å². The highest BCUT2D eigenvalue weighted by molar-refractivity contribution is 5.89. The molecule has 0 aliphatic carbocycles. The Bertz CT molecular complexity index is 310. The van der Waals surface area contributed by atoms with E-state index >= 15 is 0 Å². The maximum Gasteiger partial charge on any atom is 0.408 e. The van der Waals surface area contributed by atoms with Gasteiger partial charge >= 0.3 is 6.09 Å². The number of hydrogen-bond donors (Lipinski definition) is 2. The Kier molecular flexibility index (Phi) is 6.79. The van der Waals surface area contributed by atoms with Crippen LogP contribution in [0.5, 0.6) is 0 Å². The van der Waals surface area contributed by atoms with E-state index in [0.29, 0.717) is 12.8 Å². The van der Waals surface area contributed by atoms with Crippen LogP contribution in [0.25, 0.3) is 0 Å². The van der Waals surface area contributed by atoms with Gasteiger partial charge in [-0.3, -0.25) is 4.79 Å². The Labute approximate surface area is 114 Å². The van der Waals surface area contributed by atoms with Crippen LogP contribution in [0.2, 0.25) is 0 Å². The predicted octanol–water partition coefficient (Wildman–Crippen LogP) is 2.16. The van der Waals surface area contributed by atoms with E-state index in [-0.39, 0.29) is 12.5 Å². The van der Waals surface area contributed by atoms with Crippen LogP contribution in [0.3, 0.4) is 0 Å². The van der Waals surface area contributed by atoms with E-state index in [9.17, 15) is 14.0 Å². The SMILES string of the molecule is CCC(CC)(NC(=O)OC(C)(C)C)C(=O)NCCF. The number of nitrogens with one attached hydrogen (secondary N) is 2. The highest BCUT2D eigenvalue weighted by Gasteiger charge is 2.37. The number of carbonyl (C=O) groups is 2. The Balaban J connectivity index is 4.79. The summed E-state index contributed by atoms with van der Waals surface area (Å²) in [6.45, 7) is 8.12. The molecule has 2 N–H and O–H groups in total. The van der Waals surface area contributed by atoms with Gasteiger partial charge in [-0.05, 0) is 33.6 Å². The number of carbonyl (C=O) groups excluding carboxylic acids is 2. The molecule has 112 valence electrons. The summed E-state index contributed by atoms with van der Waals surface area (Å²) in [7, 11) is 0. The maximum atomic E-state index is 12.1. The average molecular weight is 276 g/mol. The molecule has 0 saturated heterocycles. The van der Waals surface area contributed by atoms with Gasteiger partial charge in [-0.25, -0.2) is 9.18 Å². The summed E-state index contributed by atoms with van der Waals surface area (Å²) >= 11 is 0. The van der Waals surface area contributed by atoms with Gasteiger partial charge in [-0.15, -0.1) is 0 Å². The van der Waals surface area contributed by atoms with Crippen molar-refractivity contribution in [3.63, 3.8) is 0 Å². The predicted molar refractivity (Wildman–Crippen MR) is 71.7 cm³/mol. The third-order valence-electron chi connectivity index (χ3n) is 2.76. The number of ether oxygens (including phenoxy) is 1. The topological polar surface area (TPSA) is 67.4 Å². The Morgan fingerprint density at radius 1 is 1.16 bits per heavy atom. The molecule has 0 rings (SSSR count). The van der Waals surface area contributed by atoms with Crippen molar-refractivity contribution in [1.82, 2.24) is 10.6 Å². The largest absolute Gasteiger partial charge is 0.444 e. The Hall–Kier alpha value is -1.33. The van der Waals surface area contributed by atoms with Gasteiger partial charge in [0.05, 0.1) is 0 Å². The fourth-order valence-electron chi connectivity index (χ4n) is 1.63. The third kappa shape index (κ3) is 5.89. The first-order valence-electron chi connectivity index (χ1n) is 6.56. The van der Waals surface area contributed by atoms with Crippen LogP contribution in [0, 0.1) is 0 Å². The van der Waals surface area contributed by atoms with E-state index in [1.54, 1.807) is 34.6 Å². The molecule has 2 amide bonds. The number of halogens is 1. The molecule has 0 aromatic heterocycles. The average Bonchev–Trinajstić information content (AvgIpc) is 2.30. The highest BCUT2D eigenvalue weighted by atomic mass is 19.1. The van der Waals surface area contributed by atoms with Gasteiger partial charge in [0.2, 0.25) is 5.91 Å². The minimum Gasteiger partial charge on any atom is -0.444 e. The molecule has 0 saturated carbocycles. The van der Waals surface area contributed by atoms with Crippen LogP contribution in [0.1, 0.15) is 47.5 Å². The van der Waals surface area contributed by atoms with Gasteiger partial charge in [0.1, 0.15) is 17.8 Å². The minimum absolute atomic E-state index is 0.0589. The van der Waals surface area contributed by atoms with Crippen LogP contribution in [-0.4, -0.2) is 36.4 Å². The molecule has 0 heterocycles. The molecule has 0 aromatic rings. The van der Waals surface area contributed by atoms with Crippen LogP contribution < -0.4 is 10.6 Å². The van der Waals surface area contributed by atoms with Crippen molar-refractivity contribution < 1.29 is 18.7 Å². The zero-order valence-corrected chi connectivity index (χ0v) is 12.4. The molecule has 0 bridgehead atoms. The zero-order valence-electron chi connectivity index (χ0n) is 12.4. The van der Waals surface area contributed by atoms with Gasteiger partial charge in [-0.1, -0.05) is 13.8 Å². The molecule has 0 radical (unpaired) electrons. The van der Waals surface area contributed by atoms with Crippen molar-refractivity contribution in [3.8, 4) is 0 Å². The lowest BCUT2D eigenvalue weighted by atomic mass is 9.92. The summed E-state index contributed by atoms with van der Waals surface area (Å²) in [6, 6.07) is 0. The van der Waals surface area contributed by atoms with E-state index in [2.05, 4.69) is 10.6 Å². The van der Waals surface area contributed by atoms with E-state index in [1.807, 2.05) is 0 Å². The second-order valence-electron chi connectivity index (χ2n) is 5.36. The molecule has 19 heavy (non-hydrogen) atoms. The van der Waals surface area contributed by atoms with Gasteiger partial charge < -0.3 is 15.4 Å². The second kappa shape index (κ2) is 7.31. The first-order chi connectivity index (χ1) is 8.70. The molecule has 0 spiro atoms. The summed E-state index contributed by atoms with van der Waals surface area (Å²) in [5, 5.41) is 5.06. The number of amides is 2. The number of alkyl carbamates (subject to hydrolysis) is 1. The molecular weight excluding hydrogens is 251 g/mol. The fraction of sp³-hybridized carbons (Fsp3) is 0.846. The van der Waals surface area contributed by atoms with Crippen molar-refractivity contribution in [2.75, 3.05) is 13.2 Å². The van der Waals surface area contributed by atoms with Crippen molar-refractivity contribution in [2.24, 2.45) is 0 Å². The van der Waals surface area contributed by atoms with Crippen molar-refractivity contribution in [3.05, 3.63) is 0 Å². The lowest BCUT2D eigenvalue weighted by Crippen LogP contribution is -2.59. The normalized spacial score (nSPS) is 11.9. The van der Waals surface area contributed by atoms with Crippen LogP contribution in [-0.2, 0) is 9.53 Å². The molecular formula is C13H25FN2O3. The summed E-state index contributed by atoms with van der Waals surface area (Å²) < 4.78 is 17.3. The molecule has 5 nitrogen and oxygen atoms in total. The van der Waals surface area contributed by atoms with E-state index in [4.69, 9.17) is 4.74 Å². The van der Waals surface area contributed by atoms with E-state index < -0.39 is 23.9 Å². The van der Waals surface area contributed by atoms with Crippen LogP contribution in [0.15, 0.2) is 0 Å². The number of alkyl halides is 1. The van der Waals surface area contributed by atoms with Gasteiger partial charge in [0.15, 0.2) is 0 Å². The summed E-state index contributed by atoms with van der Waals surface area (Å²) in [5.41, 5.74) is -1.69. The molecule has 0 aliphatic heterocycles. The molecule has 0 unspecified atom stereocenters. The third-order valence-corrected chi connectivity index (χ3v) is 2.76. The van der Waals surface area contributed by atoms with Crippen molar-refractivity contribution in [1.29, 1.82) is 0 Å². The van der Waals surface area contributed by atoms with E-state index in [0.717, 1.165) is 0 Å². The first kappa shape index (κ1) is 17.7. The molecule has 0 fully saturated rings. The van der Waals surface area contributed by atoms with Gasteiger partial charge in [0.25, 0.3) is 0 Å². The monoisotopic (exact) mass is 276 g/mol. The van der Waals surface area contributed by atoms with Gasteiger partial charge in [0, 0.05) is 6.54 Å². The van der Waals surface area contributed by atoms with Crippen LogP contribution >= 0.6 is 0 Å². The summed E-state index contributed by atoms with van der Waals surface area (Å²) in [5.74, 6) is -0.388. The molecule has 0 aliphatic rings. The van der Waals surface area contributed by atoms with Crippen molar-refractivity contribution in [2.45, 2.75) is 58.6 Å². The Morgan fingerprint density at radius 3 is 2.05 bits per heavy atom. The first-order valence-corrected chi connectivity index (χ1v) is 6.56. The van der Waals surface area contributed by atoms with Crippen LogP contribution in [0.4, 0.5) is 9.18 Å². The highest BCUT2D eigenvalue weighted by Crippen LogP contribution is 2.17. The lowest BCUT2D eigenvalue weighted by Gasteiger charge is -2.32. The minimum atomic E-state index is -1.06. The molecule has 0 atom stereocenters. The van der Waals surface area contributed by atoms with Gasteiger partial charge in [-0.2, -0.15) is 0 Å². The summed E-state index contributed by atoms with van der Waals surface area (Å²) in [4.78, 5) is 23.8. The van der Waals surface area contributed by atoms with Crippen molar-refractivity contribution >= 4 is 12.0 Å². The molecule has 0 aromatic carbocycles. The maximum absolute atomic E-state index is 12.1. The summed E-state index contributed by atoms with van der Waals surface area (Å²) in [6.07, 6.45) is 0.161. The fourth-order valence-corrected chi connectivity index (χ4v) is 1.63. The number of hydrogen-bond acceptors (Lipinski definition) is 3.